The minimum atomic E-state index is -1.24. The third-order valence-electron chi connectivity index (χ3n) is 5.14. The number of amidine groups is 1. The molecule has 9 heteroatoms. The number of ether oxygens (including phenoxy) is 2. The maximum atomic E-state index is 13.4. The van der Waals surface area contributed by atoms with Crippen LogP contribution in [0.4, 0.5) is 5.69 Å². The number of nitrogens with one attached hydrogen (secondary N) is 3. The number of carboxylic acid groups (broad SMARTS) is 1. The maximum Gasteiger partial charge on any atom is 0.330 e. The summed E-state index contributed by atoms with van der Waals surface area (Å²) in [5.74, 6) is -0.891. The monoisotopic (exact) mass is 462 g/mol. The summed E-state index contributed by atoms with van der Waals surface area (Å²) in [6.45, 7) is 0. The van der Waals surface area contributed by atoms with Crippen molar-refractivity contribution < 1.29 is 24.2 Å². The lowest BCUT2D eigenvalue weighted by Crippen LogP contribution is -2.39. The molecule has 0 aliphatic heterocycles. The van der Waals surface area contributed by atoms with Gasteiger partial charge >= 0.3 is 5.97 Å². The standard InChI is InChI=1S/C25H26N4O5/c1-33-19-12-17(13-20(14-19)34-2)21(28-18-10-8-16(9-11-18)23(26)27)24(30)29-22(25(31)32)15-6-4-3-5-7-15/h3-14,21-22,28H,1-2H3,(H3,26,27)(H,29,30)(H,31,32). The van der Waals surface area contributed by atoms with E-state index in [1.54, 1.807) is 72.8 Å². The van der Waals surface area contributed by atoms with Gasteiger partial charge in [0, 0.05) is 17.3 Å². The predicted octanol–water partition coefficient (Wildman–Crippen LogP) is 3.08. The number of carbonyl (C=O) groups excluding carboxylic acids is 1. The zero-order valence-electron chi connectivity index (χ0n) is 18.7. The Morgan fingerprint density at radius 1 is 0.882 bits per heavy atom. The molecule has 176 valence electrons. The highest BCUT2D eigenvalue weighted by Crippen LogP contribution is 2.29. The summed E-state index contributed by atoms with van der Waals surface area (Å²) in [7, 11) is 2.99. The fourth-order valence-electron chi connectivity index (χ4n) is 3.37. The summed E-state index contributed by atoms with van der Waals surface area (Å²) in [4.78, 5) is 25.4. The van der Waals surface area contributed by atoms with Crippen LogP contribution >= 0.6 is 0 Å². The molecule has 0 aromatic heterocycles. The number of methoxy groups -OCH3 is 2. The molecular formula is C25H26N4O5. The second-order valence-corrected chi connectivity index (χ2v) is 7.40. The van der Waals surface area contributed by atoms with Crippen LogP contribution in [-0.2, 0) is 9.59 Å². The number of rotatable bonds is 10. The second-order valence-electron chi connectivity index (χ2n) is 7.40. The van der Waals surface area contributed by atoms with E-state index in [2.05, 4.69) is 10.6 Å². The number of anilines is 1. The average Bonchev–Trinajstić information content (AvgIpc) is 2.85. The third kappa shape index (κ3) is 5.83. The molecule has 9 nitrogen and oxygen atoms in total. The van der Waals surface area contributed by atoms with Crippen LogP contribution in [0.2, 0.25) is 0 Å². The van der Waals surface area contributed by atoms with Gasteiger partial charge < -0.3 is 30.9 Å². The van der Waals surface area contributed by atoms with E-state index in [0.717, 1.165) is 0 Å². The van der Waals surface area contributed by atoms with E-state index in [4.69, 9.17) is 20.6 Å². The first-order valence-electron chi connectivity index (χ1n) is 10.3. The van der Waals surface area contributed by atoms with Crippen molar-refractivity contribution in [2.75, 3.05) is 19.5 Å². The fourth-order valence-corrected chi connectivity index (χ4v) is 3.37. The van der Waals surface area contributed by atoms with Crippen LogP contribution in [0.3, 0.4) is 0 Å². The van der Waals surface area contributed by atoms with Crippen molar-refractivity contribution in [1.29, 1.82) is 5.41 Å². The van der Waals surface area contributed by atoms with Gasteiger partial charge in [-0.15, -0.1) is 0 Å². The molecule has 0 saturated heterocycles. The van der Waals surface area contributed by atoms with Crippen LogP contribution in [0.1, 0.15) is 28.8 Å². The minimum absolute atomic E-state index is 0.0782. The molecule has 0 radical (unpaired) electrons. The van der Waals surface area contributed by atoms with Gasteiger partial charge in [-0.2, -0.15) is 0 Å². The lowest BCUT2D eigenvalue weighted by Gasteiger charge is -2.24. The molecule has 3 aromatic carbocycles. The van der Waals surface area contributed by atoms with Gasteiger partial charge in [0.15, 0.2) is 6.04 Å². The van der Waals surface area contributed by atoms with Crippen molar-refractivity contribution in [1.82, 2.24) is 5.32 Å². The number of hydrogen-bond donors (Lipinski definition) is 5. The van der Waals surface area contributed by atoms with Crippen LogP contribution in [0.5, 0.6) is 11.5 Å². The normalized spacial score (nSPS) is 12.2. The van der Waals surface area contributed by atoms with Crippen LogP contribution in [0, 0.1) is 5.41 Å². The third-order valence-corrected chi connectivity index (χ3v) is 5.14. The van der Waals surface area contributed by atoms with Gasteiger partial charge in [0.25, 0.3) is 0 Å². The molecule has 0 spiro atoms. The zero-order valence-corrected chi connectivity index (χ0v) is 18.7. The molecule has 6 N–H and O–H groups in total. The van der Waals surface area contributed by atoms with Crippen molar-refractivity contribution in [3.05, 3.63) is 89.5 Å². The molecule has 0 aliphatic carbocycles. The first-order valence-corrected chi connectivity index (χ1v) is 10.3. The molecule has 2 atom stereocenters. The van der Waals surface area contributed by atoms with Crippen LogP contribution in [0.25, 0.3) is 0 Å². The Bertz CT molecular complexity index is 1140. The van der Waals surface area contributed by atoms with Crippen LogP contribution in [0.15, 0.2) is 72.8 Å². The van der Waals surface area contributed by atoms with Crippen molar-refractivity contribution >= 4 is 23.4 Å². The molecule has 34 heavy (non-hydrogen) atoms. The topological polar surface area (TPSA) is 147 Å². The van der Waals surface area contributed by atoms with E-state index in [0.29, 0.717) is 33.9 Å². The molecule has 0 aliphatic rings. The number of carbonyl (C=O) groups is 2. The Balaban J connectivity index is 1.99. The first kappa shape index (κ1) is 24.1. The number of nitrogen functional groups attached to an aromatic ring is 1. The summed E-state index contributed by atoms with van der Waals surface area (Å²) in [5.41, 5.74) is 7.56. The summed E-state index contributed by atoms with van der Waals surface area (Å²) in [6, 6.07) is 17.9. The van der Waals surface area contributed by atoms with Gasteiger partial charge in [-0.3, -0.25) is 10.2 Å². The number of benzene rings is 3. The number of nitrogens with two attached hydrogens (primary N) is 1. The predicted molar refractivity (Wildman–Crippen MR) is 128 cm³/mol. The van der Waals surface area contributed by atoms with Gasteiger partial charge in [0.05, 0.1) is 14.2 Å². The largest absolute Gasteiger partial charge is 0.497 e. The number of carboxylic acids is 1. The first-order chi connectivity index (χ1) is 16.3. The van der Waals surface area contributed by atoms with Gasteiger partial charge in [-0.05, 0) is 47.5 Å². The molecule has 0 saturated carbocycles. The smallest absolute Gasteiger partial charge is 0.330 e. The summed E-state index contributed by atoms with van der Waals surface area (Å²) in [5, 5.41) is 23.1. The Labute approximate surface area is 197 Å². The van der Waals surface area contributed by atoms with Crippen LogP contribution < -0.4 is 25.8 Å². The number of amides is 1. The molecule has 0 heterocycles. The molecule has 2 unspecified atom stereocenters. The van der Waals surface area contributed by atoms with E-state index >= 15 is 0 Å². The van der Waals surface area contributed by atoms with Gasteiger partial charge in [0.1, 0.15) is 23.4 Å². The average molecular weight is 463 g/mol. The van der Waals surface area contributed by atoms with E-state index < -0.39 is 24.0 Å². The minimum Gasteiger partial charge on any atom is -0.497 e. The van der Waals surface area contributed by atoms with Crippen molar-refractivity contribution in [2.24, 2.45) is 5.73 Å². The number of hydrogen-bond acceptors (Lipinski definition) is 6. The SMILES string of the molecule is COc1cc(OC)cc(C(Nc2ccc(C(=N)N)cc2)C(=O)NC(C(=O)O)c2ccccc2)c1. The lowest BCUT2D eigenvalue weighted by atomic mass is 10.0. The van der Waals surface area contributed by atoms with Crippen LogP contribution in [-0.4, -0.2) is 37.0 Å². The Morgan fingerprint density at radius 2 is 1.47 bits per heavy atom. The highest BCUT2D eigenvalue weighted by atomic mass is 16.5. The highest BCUT2D eigenvalue weighted by Gasteiger charge is 2.28. The molecule has 3 aromatic rings. The van der Waals surface area contributed by atoms with Gasteiger partial charge in [0.2, 0.25) is 5.91 Å². The van der Waals surface area contributed by atoms with E-state index in [9.17, 15) is 14.7 Å². The molecule has 0 bridgehead atoms. The van der Waals surface area contributed by atoms with Gasteiger partial charge in [-0.25, -0.2) is 4.79 Å². The van der Waals surface area contributed by atoms with Gasteiger partial charge in [-0.1, -0.05) is 30.3 Å². The molecule has 0 fully saturated rings. The van der Waals surface area contributed by atoms with E-state index in [-0.39, 0.29) is 5.84 Å². The summed E-state index contributed by atoms with van der Waals surface area (Å²) in [6.07, 6.45) is 0. The Kier molecular flexibility index (Phi) is 7.71. The molecule has 1 amide bonds. The maximum absolute atomic E-state index is 13.4. The summed E-state index contributed by atoms with van der Waals surface area (Å²) < 4.78 is 10.7. The Hall–Kier alpha value is -4.53. The fraction of sp³-hybridized carbons (Fsp3) is 0.160. The summed E-state index contributed by atoms with van der Waals surface area (Å²) >= 11 is 0. The quantitative estimate of drug-likeness (QED) is 0.230. The van der Waals surface area contributed by atoms with Crippen molar-refractivity contribution in [3.8, 4) is 11.5 Å². The second kappa shape index (κ2) is 10.9. The molecule has 3 rings (SSSR count). The molecular weight excluding hydrogens is 436 g/mol. The lowest BCUT2D eigenvalue weighted by molar-refractivity contribution is -0.142. The van der Waals surface area contributed by atoms with Crippen molar-refractivity contribution in [3.63, 3.8) is 0 Å². The van der Waals surface area contributed by atoms with E-state index in [1.807, 2.05) is 0 Å². The number of aliphatic carboxylic acids is 1. The zero-order chi connectivity index (χ0) is 24.7. The van der Waals surface area contributed by atoms with Crippen molar-refractivity contribution in [2.45, 2.75) is 12.1 Å². The Morgan fingerprint density at radius 3 is 1.97 bits per heavy atom. The van der Waals surface area contributed by atoms with E-state index in [1.165, 1.54) is 14.2 Å². The highest BCUT2D eigenvalue weighted by molar-refractivity contribution is 5.95.